The number of hydrogen-bond donors (Lipinski definition) is 3. The largest absolute Gasteiger partial charge is 0.396 e. The summed E-state index contributed by atoms with van der Waals surface area (Å²) in [5.74, 6) is 0.0360. The fourth-order valence-corrected chi connectivity index (χ4v) is 2.81. The van der Waals surface area contributed by atoms with Gasteiger partial charge in [0.2, 0.25) is 0 Å². The fourth-order valence-electron chi connectivity index (χ4n) is 2.81. The fraction of sp³-hybridized carbons (Fsp3) is 0.800. The Morgan fingerprint density at radius 2 is 1.58 bits per heavy atom. The summed E-state index contributed by atoms with van der Waals surface area (Å²) in [6, 6.07) is 0. The number of ether oxygens (including phenoxy) is 1. The van der Waals surface area contributed by atoms with Gasteiger partial charge in [0.25, 0.3) is 0 Å². The van der Waals surface area contributed by atoms with Crippen LogP contribution in [0.3, 0.4) is 0 Å². The first kappa shape index (κ1) is 23.3. The predicted molar refractivity (Wildman–Crippen MR) is 99.9 cm³/mol. The molecule has 0 aromatic heterocycles. The maximum Gasteiger partial charge on any atom is 0.0771 e. The summed E-state index contributed by atoms with van der Waals surface area (Å²) in [5, 5.41) is 28.6. The zero-order chi connectivity index (χ0) is 18.9. The van der Waals surface area contributed by atoms with E-state index >= 15 is 0 Å². The molecule has 0 saturated carbocycles. The van der Waals surface area contributed by atoms with Crippen LogP contribution in [0.1, 0.15) is 60.3 Å². The van der Waals surface area contributed by atoms with Crippen molar-refractivity contribution in [3.05, 3.63) is 24.3 Å². The number of aliphatic hydroxyl groups excluding tert-OH is 2. The molecule has 0 heterocycles. The minimum atomic E-state index is -0.885. The van der Waals surface area contributed by atoms with E-state index in [2.05, 4.69) is 20.8 Å². The van der Waals surface area contributed by atoms with E-state index in [0.29, 0.717) is 6.42 Å². The summed E-state index contributed by atoms with van der Waals surface area (Å²) in [5.41, 5.74) is -1.19. The van der Waals surface area contributed by atoms with Crippen molar-refractivity contribution in [1.29, 1.82) is 0 Å². The quantitative estimate of drug-likeness (QED) is 0.475. The van der Waals surface area contributed by atoms with Gasteiger partial charge in [-0.2, -0.15) is 0 Å². The number of aliphatic hydroxyl groups is 3. The van der Waals surface area contributed by atoms with E-state index in [1.807, 2.05) is 12.2 Å². The van der Waals surface area contributed by atoms with Crippen molar-refractivity contribution in [3.8, 4) is 0 Å². The van der Waals surface area contributed by atoms with Crippen molar-refractivity contribution in [2.45, 2.75) is 71.5 Å². The lowest BCUT2D eigenvalue weighted by Gasteiger charge is -2.36. The molecule has 0 radical (unpaired) electrons. The van der Waals surface area contributed by atoms with Crippen molar-refractivity contribution >= 4 is 0 Å². The highest BCUT2D eigenvalue weighted by molar-refractivity contribution is 5.10. The molecule has 0 aliphatic heterocycles. The first-order chi connectivity index (χ1) is 11.0. The first-order valence-corrected chi connectivity index (χ1v) is 8.85. The highest BCUT2D eigenvalue weighted by Crippen LogP contribution is 2.39. The summed E-state index contributed by atoms with van der Waals surface area (Å²) in [4.78, 5) is 0. The maximum atomic E-state index is 9.98. The second-order valence-electron chi connectivity index (χ2n) is 8.09. The first-order valence-electron chi connectivity index (χ1n) is 8.85. The van der Waals surface area contributed by atoms with Gasteiger partial charge in [-0.1, -0.05) is 37.6 Å². The Morgan fingerprint density at radius 3 is 2.04 bits per heavy atom. The lowest BCUT2D eigenvalue weighted by molar-refractivity contribution is 0.00970. The van der Waals surface area contributed by atoms with Crippen LogP contribution in [0.5, 0.6) is 0 Å². The molecule has 0 aromatic rings. The second kappa shape index (κ2) is 10.3. The SMILES string of the molecule is COC(C)(C)CCC[C@@](C)(CCO)[C@H](/C=C/CO)/C=C/C(C)(C)O. The molecule has 2 atom stereocenters. The Balaban J connectivity index is 5.24. The van der Waals surface area contributed by atoms with Crippen LogP contribution >= 0.6 is 0 Å². The van der Waals surface area contributed by atoms with E-state index in [1.54, 1.807) is 33.1 Å². The molecule has 0 amide bonds. The zero-order valence-electron chi connectivity index (χ0n) is 16.4. The average molecular weight is 343 g/mol. The summed E-state index contributed by atoms with van der Waals surface area (Å²) < 4.78 is 5.49. The van der Waals surface area contributed by atoms with Gasteiger partial charge in [0.05, 0.1) is 17.8 Å². The van der Waals surface area contributed by atoms with Crippen LogP contribution in [0.4, 0.5) is 0 Å². The molecule has 142 valence electrons. The van der Waals surface area contributed by atoms with E-state index in [4.69, 9.17) is 9.84 Å². The van der Waals surface area contributed by atoms with Gasteiger partial charge >= 0.3 is 0 Å². The van der Waals surface area contributed by atoms with E-state index in [1.165, 1.54) is 0 Å². The maximum absolute atomic E-state index is 9.98. The molecular weight excluding hydrogens is 304 g/mol. The Hall–Kier alpha value is -0.680. The van der Waals surface area contributed by atoms with Crippen molar-refractivity contribution in [1.82, 2.24) is 0 Å². The zero-order valence-corrected chi connectivity index (χ0v) is 16.4. The molecule has 0 spiro atoms. The van der Waals surface area contributed by atoms with Gasteiger partial charge < -0.3 is 20.1 Å². The highest BCUT2D eigenvalue weighted by atomic mass is 16.5. The van der Waals surface area contributed by atoms with Gasteiger partial charge in [-0.25, -0.2) is 0 Å². The van der Waals surface area contributed by atoms with Gasteiger partial charge in [-0.3, -0.25) is 0 Å². The minimum Gasteiger partial charge on any atom is -0.396 e. The van der Waals surface area contributed by atoms with Gasteiger partial charge in [-0.15, -0.1) is 0 Å². The number of hydrogen-bond acceptors (Lipinski definition) is 4. The van der Waals surface area contributed by atoms with E-state index < -0.39 is 5.60 Å². The van der Waals surface area contributed by atoms with Gasteiger partial charge in [0.1, 0.15) is 0 Å². The normalized spacial score (nSPS) is 17.5. The summed E-state index contributed by atoms with van der Waals surface area (Å²) in [6.45, 7) is 9.88. The lowest BCUT2D eigenvalue weighted by Crippen LogP contribution is -2.29. The molecule has 0 fully saturated rings. The molecule has 4 heteroatoms. The standard InChI is InChI=1S/C20H38O4/c1-18(2,23)13-10-17(9-7-15-21)20(5,14-16-22)12-8-11-19(3,4)24-6/h7,9-10,13,17,21-23H,8,11-12,14-16H2,1-6H3/b9-7+,13-10+/t17-,20+/m1/s1. The van der Waals surface area contributed by atoms with Gasteiger partial charge in [-0.05, 0) is 52.4 Å². The van der Waals surface area contributed by atoms with Crippen LogP contribution in [0.15, 0.2) is 24.3 Å². The third kappa shape index (κ3) is 9.58. The lowest BCUT2D eigenvalue weighted by atomic mass is 9.70. The summed E-state index contributed by atoms with van der Waals surface area (Å²) in [6.07, 6.45) is 11.0. The van der Waals surface area contributed by atoms with E-state index in [0.717, 1.165) is 19.3 Å². The van der Waals surface area contributed by atoms with Gasteiger partial charge in [0.15, 0.2) is 0 Å². The Bertz CT molecular complexity index is 393. The molecule has 0 aliphatic carbocycles. The number of rotatable bonds is 12. The second-order valence-corrected chi connectivity index (χ2v) is 8.09. The smallest absolute Gasteiger partial charge is 0.0771 e. The number of methoxy groups -OCH3 is 1. The van der Waals surface area contributed by atoms with Crippen LogP contribution in [0.25, 0.3) is 0 Å². The van der Waals surface area contributed by atoms with Crippen molar-refractivity contribution in [2.75, 3.05) is 20.3 Å². The Kier molecular flexibility index (Phi) is 10.0. The Labute approximate surface area is 148 Å². The molecule has 0 bridgehead atoms. The predicted octanol–water partition coefficient (Wildman–Crippen LogP) is 3.46. The topological polar surface area (TPSA) is 69.9 Å². The summed E-state index contributed by atoms with van der Waals surface area (Å²) >= 11 is 0. The van der Waals surface area contributed by atoms with E-state index in [9.17, 15) is 10.2 Å². The minimum absolute atomic E-state index is 0.0151. The molecule has 4 nitrogen and oxygen atoms in total. The van der Waals surface area contributed by atoms with Crippen LogP contribution in [-0.4, -0.2) is 46.8 Å². The van der Waals surface area contributed by atoms with Gasteiger partial charge in [0, 0.05) is 19.6 Å². The molecule has 3 N–H and O–H groups in total. The average Bonchev–Trinajstić information content (AvgIpc) is 2.46. The molecule has 0 aliphatic rings. The van der Waals surface area contributed by atoms with Crippen LogP contribution in [0.2, 0.25) is 0 Å². The molecule has 0 unspecified atom stereocenters. The van der Waals surface area contributed by atoms with Crippen molar-refractivity contribution < 1.29 is 20.1 Å². The van der Waals surface area contributed by atoms with Crippen molar-refractivity contribution in [3.63, 3.8) is 0 Å². The Morgan fingerprint density at radius 1 is 0.958 bits per heavy atom. The molecular formula is C20H38O4. The van der Waals surface area contributed by atoms with Crippen molar-refractivity contribution in [2.24, 2.45) is 11.3 Å². The number of allylic oxidation sites excluding steroid dienone is 2. The van der Waals surface area contributed by atoms with Crippen LogP contribution in [0, 0.1) is 11.3 Å². The van der Waals surface area contributed by atoms with Crippen LogP contribution < -0.4 is 0 Å². The highest BCUT2D eigenvalue weighted by Gasteiger charge is 2.31. The molecule has 0 rings (SSSR count). The molecule has 0 saturated heterocycles. The third-order valence-electron chi connectivity index (χ3n) is 4.73. The van der Waals surface area contributed by atoms with Crippen LogP contribution in [-0.2, 0) is 4.74 Å². The van der Waals surface area contributed by atoms with E-state index in [-0.39, 0.29) is 30.1 Å². The molecule has 0 aromatic carbocycles. The summed E-state index contributed by atoms with van der Waals surface area (Å²) in [7, 11) is 1.73. The third-order valence-corrected chi connectivity index (χ3v) is 4.73. The monoisotopic (exact) mass is 342 g/mol. The molecule has 24 heavy (non-hydrogen) atoms.